The van der Waals surface area contributed by atoms with Gasteiger partial charge in [0.05, 0.1) is 6.61 Å². The fourth-order valence-electron chi connectivity index (χ4n) is 0.946. The van der Waals surface area contributed by atoms with E-state index in [1.807, 2.05) is 5.06 Å². The van der Waals surface area contributed by atoms with Crippen molar-refractivity contribution in [3.8, 4) is 0 Å². The molecule has 1 heterocycles. The highest BCUT2D eigenvalue weighted by Gasteiger charge is 2.09. The predicted octanol–water partition coefficient (Wildman–Crippen LogP) is 0.848. The van der Waals surface area contributed by atoms with Crippen LogP contribution in [0.15, 0.2) is 0 Å². The van der Waals surface area contributed by atoms with Crippen molar-refractivity contribution in [1.29, 1.82) is 0 Å². The van der Waals surface area contributed by atoms with Crippen LogP contribution in [0.3, 0.4) is 0 Å². The van der Waals surface area contributed by atoms with Gasteiger partial charge in [0.1, 0.15) is 0 Å². The molecule has 0 aromatic carbocycles. The summed E-state index contributed by atoms with van der Waals surface area (Å²) in [5, 5.41) is 1.98. The second-order valence-corrected chi connectivity index (χ2v) is 1.97. The molecule has 0 aliphatic carbocycles. The van der Waals surface area contributed by atoms with Crippen molar-refractivity contribution in [2.75, 3.05) is 19.7 Å². The van der Waals surface area contributed by atoms with Crippen LogP contribution in [0.4, 0.5) is 0 Å². The van der Waals surface area contributed by atoms with Gasteiger partial charge in [-0.2, -0.15) is 5.06 Å². The van der Waals surface area contributed by atoms with E-state index >= 15 is 0 Å². The van der Waals surface area contributed by atoms with E-state index < -0.39 is 0 Å². The maximum absolute atomic E-state index is 5.12. The van der Waals surface area contributed by atoms with Crippen LogP contribution in [-0.4, -0.2) is 24.8 Å². The molecule has 0 aromatic heterocycles. The zero-order chi connectivity index (χ0) is 5.82. The van der Waals surface area contributed by atoms with Crippen LogP contribution in [-0.2, 0) is 4.84 Å². The van der Waals surface area contributed by atoms with Crippen LogP contribution in [0.2, 0.25) is 0 Å². The number of nitrogens with zero attached hydrogens (tertiary/aromatic N) is 1. The van der Waals surface area contributed by atoms with Gasteiger partial charge >= 0.3 is 0 Å². The molecule has 1 radical (unpaired) electrons. The van der Waals surface area contributed by atoms with Gasteiger partial charge in [0, 0.05) is 13.1 Å². The van der Waals surface area contributed by atoms with Gasteiger partial charge in [-0.05, 0) is 19.8 Å². The highest BCUT2D eigenvalue weighted by atomic mass is 16.7. The van der Waals surface area contributed by atoms with E-state index in [1.54, 1.807) is 0 Å². The van der Waals surface area contributed by atoms with E-state index in [1.165, 1.54) is 12.8 Å². The van der Waals surface area contributed by atoms with Crippen molar-refractivity contribution in [1.82, 2.24) is 5.06 Å². The van der Waals surface area contributed by atoms with Gasteiger partial charge in [0.25, 0.3) is 0 Å². The summed E-state index contributed by atoms with van der Waals surface area (Å²) in [5.41, 5.74) is 0. The normalized spacial score (nSPS) is 22.1. The van der Waals surface area contributed by atoms with Crippen LogP contribution in [0.1, 0.15) is 12.8 Å². The highest BCUT2D eigenvalue weighted by Crippen LogP contribution is 2.06. The Morgan fingerprint density at radius 3 is 2.50 bits per heavy atom. The lowest BCUT2D eigenvalue weighted by atomic mass is 10.4. The summed E-state index contributed by atoms with van der Waals surface area (Å²) in [6.07, 6.45) is 2.56. The first-order valence-electron chi connectivity index (χ1n) is 3.10. The quantitative estimate of drug-likeness (QED) is 0.527. The molecule has 1 saturated heterocycles. The Morgan fingerprint density at radius 1 is 1.38 bits per heavy atom. The summed E-state index contributed by atoms with van der Waals surface area (Å²) >= 11 is 0. The van der Waals surface area contributed by atoms with E-state index in [2.05, 4.69) is 6.92 Å². The van der Waals surface area contributed by atoms with E-state index in [9.17, 15) is 0 Å². The van der Waals surface area contributed by atoms with Gasteiger partial charge < -0.3 is 0 Å². The molecule has 2 nitrogen and oxygen atoms in total. The summed E-state index contributed by atoms with van der Waals surface area (Å²) in [6.45, 7) is 6.34. The van der Waals surface area contributed by atoms with Gasteiger partial charge in [-0.15, -0.1) is 0 Å². The Morgan fingerprint density at radius 2 is 2.00 bits per heavy atom. The molecule has 2 heteroatoms. The average Bonchev–Trinajstić information content (AvgIpc) is 2.19. The second kappa shape index (κ2) is 3.05. The minimum atomic E-state index is 0.569. The first-order valence-corrected chi connectivity index (χ1v) is 3.10. The van der Waals surface area contributed by atoms with Crippen molar-refractivity contribution < 1.29 is 4.84 Å². The standard InChI is InChI=1S/C6H12NO/c1-2-8-7-5-3-4-6-7/h1-6H2. The lowest BCUT2D eigenvalue weighted by Crippen LogP contribution is -2.19. The van der Waals surface area contributed by atoms with Crippen LogP contribution >= 0.6 is 0 Å². The Hall–Kier alpha value is -0.0800. The first-order chi connectivity index (χ1) is 3.93. The maximum Gasteiger partial charge on any atom is 0.0685 e. The summed E-state index contributed by atoms with van der Waals surface area (Å²) in [5.74, 6) is 0. The third-order valence-electron chi connectivity index (χ3n) is 1.34. The molecule has 0 bridgehead atoms. The van der Waals surface area contributed by atoms with Crippen LogP contribution in [0.5, 0.6) is 0 Å². The molecule has 0 saturated carbocycles. The molecule has 8 heavy (non-hydrogen) atoms. The van der Waals surface area contributed by atoms with Gasteiger partial charge in [0.15, 0.2) is 0 Å². The van der Waals surface area contributed by atoms with Gasteiger partial charge in [-0.3, -0.25) is 4.84 Å². The molecule has 1 aliphatic rings. The van der Waals surface area contributed by atoms with Crippen molar-refractivity contribution in [2.45, 2.75) is 12.8 Å². The van der Waals surface area contributed by atoms with Gasteiger partial charge in [0.2, 0.25) is 0 Å². The Kier molecular flexibility index (Phi) is 2.30. The van der Waals surface area contributed by atoms with Crippen molar-refractivity contribution >= 4 is 0 Å². The molecule has 1 fully saturated rings. The van der Waals surface area contributed by atoms with Gasteiger partial charge in [-0.25, -0.2) is 0 Å². The maximum atomic E-state index is 5.12. The van der Waals surface area contributed by atoms with E-state index in [4.69, 9.17) is 4.84 Å². The molecule has 0 atom stereocenters. The largest absolute Gasteiger partial charge is 0.299 e. The topological polar surface area (TPSA) is 12.5 Å². The minimum absolute atomic E-state index is 0.569. The third kappa shape index (κ3) is 1.46. The number of hydroxylamine groups is 2. The molecule has 47 valence electrons. The minimum Gasteiger partial charge on any atom is -0.299 e. The van der Waals surface area contributed by atoms with E-state index in [0.29, 0.717) is 6.61 Å². The van der Waals surface area contributed by atoms with Crippen LogP contribution < -0.4 is 0 Å². The summed E-state index contributed by atoms with van der Waals surface area (Å²) in [7, 11) is 0. The molecule has 0 aromatic rings. The Balaban J connectivity index is 2.06. The Bertz CT molecular complexity index is 59.5. The molecule has 0 amide bonds. The number of hydrogen-bond donors (Lipinski definition) is 0. The van der Waals surface area contributed by atoms with Crippen molar-refractivity contribution in [2.24, 2.45) is 0 Å². The third-order valence-corrected chi connectivity index (χ3v) is 1.34. The fourth-order valence-corrected chi connectivity index (χ4v) is 0.946. The predicted molar refractivity (Wildman–Crippen MR) is 32.1 cm³/mol. The van der Waals surface area contributed by atoms with Crippen molar-refractivity contribution in [3.63, 3.8) is 0 Å². The smallest absolute Gasteiger partial charge is 0.0685 e. The van der Waals surface area contributed by atoms with Crippen LogP contribution in [0.25, 0.3) is 0 Å². The van der Waals surface area contributed by atoms with E-state index in [-0.39, 0.29) is 0 Å². The summed E-state index contributed by atoms with van der Waals surface area (Å²) in [4.78, 5) is 5.12. The fraction of sp³-hybridized carbons (Fsp3) is 0.833. The van der Waals surface area contributed by atoms with Crippen molar-refractivity contribution in [3.05, 3.63) is 6.92 Å². The number of rotatable bonds is 2. The van der Waals surface area contributed by atoms with Gasteiger partial charge in [-0.1, -0.05) is 0 Å². The molecule has 1 rings (SSSR count). The molecule has 0 spiro atoms. The molecular weight excluding hydrogens is 102 g/mol. The lowest BCUT2D eigenvalue weighted by molar-refractivity contribution is -0.131. The second-order valence-electron chi connectivity index (χ2n) is 1.97. The molecule has 0 unspecified atom stereocenters. The first kappa shape index (κ1) is 6.05. The Labute approximate surface area is 50.4 Å². The van der Waals surface area contributed by atoms with Crippen LogP contribution in [0, 0.1) is 6.92 Å². The lowest BCUT2D eigenvalue weighted by Gasteiger charge is -2.11. The molecule has 0 N–H and O–H groups in total. The van der Waals surface area contributed by atoms with E-state index in [0.717, 1.165) is 13.1 Å². The highest BCUT2D eigenvalue weighted by molar-refractivity contribution is 4.56. The number of hydrogen-bond acceptors (Lipinski definition) is 2. The molecular formula is C6H12NO. The zero-order valence-electron chi connectivity index (χ0n) is 5.10. The average molecular weight is 114 g/mol. The monoisotopic (exact) mass is 114 g/mol. The molecule has 1 aliphatic heterocycles. The summed E-state index contributed by atoms with van der Waals surface area (Å²) < 4.78 is 0. The SMILES string of the molecule is [CH2]CON1CCCC1. The summed E-state index contributed by atoms with van der Waals surface area (Å²) in [6, 6.07) is 0. The zero-order valence-corrected chi connectivity index (χ0v) is 5.10.